The third-order valence-corrected chi connectivity index (χ3v) is 4.28. The van der Waals surface area contributed by atoms with Gasteiger partial charge in [0.2, 0.25) is 0 Å². The lowest BCUT2D eigenvalue weighted by Crippen LogP contribution is -2.34. The van der Waals surface area contributed by atoms with Gasteiger partial charge in [0, 0.05) is 18.0 Å². The molecule has 0 spiro atoms. The highest BCUT2D eigenvalue weighted by Gasteiger charge is 2.18. The molecule has 1 aliphatic rings. The zero-order valence-electron chi connectivity index (χ0n) is 10.4. The number of thiophene rings is 1. The Balaban J connectivity index is 1.85. The van der Waals surface area contributed by atoms with Gasteiger partial charge in [-0.15, -0.1) is 11.3 Å². The van der Waals surface area contributed by atoms with E-state index in [0.717, 1.165) is 37.4 Å². The van der Waals surface area contributed by atoms with Crippen molar-refractivity contribution in [3.63, 3.8) is 0 Å². The summed E-state index contributed by atoms with van der Waals surface area (Å²) in [4.78, 5) is 4.77. The van der Waals surface area contributed by atoms with Gasteiger partial charge in [0.15, 0.2) is 0 Å². The lowest BCUT2D eigenvalue weighted by molar-refractivity contribution is 0.128. The number of hydrogen-bond donors (Lipinski definition) is 2. The van der Waals surface area contributed by atoms with Crippen molar-refractivity contribution in [2.75, 3.05) is 26.3 Å². The molecule has 1 fully saturated rings. The van der Waals surface area contributed by atoms with Gasteiger partial charge in [-0.3, -0.25) is 4.90 Å². The average molecular weight is 265 g/mol. The van der Waals surface area contributed by atoms with Crippen molar-refractivity contribution in [1.82, 2.24) is 4.90 Å². The first-order valence-electron chi connectivity index (χ1n) is 6.33. The maximum Gasteiger partial charge on any atom is 0.104 e. The Kier molecular flexibility index (Phi) is 5.21. The second-order valence-corrected chi connectivity index (χ2v) is 5.80. The maximum atomic E-state index is 9.10. The molecule has 2 rings (SSSR count). The van der Waals surface area contributed by atoms with E-state index in [1.807, 2.05) is 6.07 Å². The van der Waals surface area contributed by atoms with Gasteiger partial charge in [0.05, 0.1) is 4.88 Å². The Morgan fingerprint density at radius 3 is 2.72 bits per heavy atom. The van der Waals surface area contributed by atoms with Crippen LogP contribution in [0.2, 0.25) is 0 Å². The molecular formula is C14H19NO2S. The number of aliphatic hydroxyl groups excluding tert-OH is 2. The number of rotatable bonds is 3. The van der Waals surface area contributed by atoms with Gasteiger partial charge in [-0.2, -0.15) is 0 Å². The fraction of sp³-hybridized carbons (Fsp3) is 0.571. The highest BCUT2D eigenvalue weighted by molar-refractivity contribution is 7.12. The van der Waals surface area contributed by atoms with Crippen LogP contribution >= 0.6 is 11.3 Å². The normalized spacial score (nSPS) is 17.4. The van der Waals surface area contributed by atoms with Gasteiger partial charge in [-0.25, -0.2) is 0 Å². The first-order valence-corrected chi connectivity index (χ1v) is 7.15. The predicted octanol–water partition coefficient (Wildman–Crippen LogP) is 1.30. The zero-order valence-corrected chi connectivity index (χ0v) is 11.2. The third-order valence-electron chi connectivity index (χ3n) is 3.30. The molecule has 0 bridgehead atoms. The lowest BCUT2D eigenvalue weighted by atomic mass is 9.98. The van der Waals surface area contributed by atoms with Crippen LogP contribution in [0.4, 0.5) is 0 Å². The molecular weight excluding hydrogens is 246 g/mol. The number of hydrogen-bond acceptors (Lipinski definition) is 4. The van der Waals surface area contributed by atoms with Crippen molar-refractivity contribution in [1.29, 1.82) is 0 Å². The van der Waals surface area contributed by atoms with Gasteiger partial charge in [0.25, 0.3) is 0 Å². The Bertz CT molecular complexity index is 424. The summed E-state index contributed by atoms with van der Waals surface area (Å²) in [5.74, 6) is 6.10. The van der Waals surface area contributed by atoms with Crippen molar-refractivity contribution in [3.05, 3.63) is 21.9 Å². The van der Waals surface area contributed by atoms with Gasteiger partial charge < -0.3 is 10.2 Å². The second kappa shape index (κ2) is 6.91. The molecule has 0 unspecified atom stereocenters. The van der Waals surface area contributed by atoms with E-state index >= 15 is 0 Å². The monoisotopic (exact) mass is 265 g/mol. The Hall–Kier alpha value is -0.860. The number of piperidine rings is 1. The van der Waals surface area contributed by atoms with Crippen LogP contribution in [0.3, 0.4) is 0 Å². The van der Waals surface area contributed by atoms with E-state index in [0.29, 0.717) is 12.5 Å². The molecule has 3 nitrogen and oxygen atoms in total. The molecule has 0 amide bonds. The minimum atomic E-state index is -0.0814. The topological polar surface area (TPSA) is 43.7 Å². The molecule has 2 heterocycles. The Labute approximate surface area is 112 Å². The van der Waals surface area contributed by atoms with Crippen LogP contribution < -0.4 is 0 Å². The molecule has 18 heavy (non-hydrogen) atoms. The van der Waals surface area contributed by atoms with Gasteiger partial charge in [-0.1, -0.05) is 11.8 Å². The smallest absolute Gasteiger partial charge is 0.104 e. The fourth-order valence-electron chi connectivity index (χ4n) is 2.20. The van der Waals surface area contributed by atoms with Crippen LogP contribution in [0.1, 0.15) is 22.6 Å². The summed E-state index contributed by atoms with van der Waals surface area (Å²) in [6.45, 7) is 3.36. The number of aliphatic hydroxyl groups is 2. The molecule has 1 aromatic heterocycles. The predicted molar refractivity (Wildman–Crippen MR) is 73.4 cm³/mol. The summed E-state index contributed by atoms with van der Waals surface area (Å²) in [6.07, 6.45) is 2.19. The summed E-state index contributed by atoms with van der Waals surface area (Å²) in [5.41, 5.74) is 0. The highest BCUT2D eigenvalue weighted by atomic mass is 32.1. The molecule has 0 aliphatic carbocycles. The number of likely N-dealkylation sites (tertiary alicyclic amines) is 1. The molecule has 2 N–H and O–H groups in total. The van der Waals surface area contributed by atoms with E-state index in [2.05, 4.69) is 22.8 Å². The first-order chi connectivity index (χ1) is 8.81. The van der Waals surface area contributed by atoms with E-state index in [-0.39, 0.29) is 6.61 Å². The van der Waals surface area contributed by atoms with Crippen molar-refractivity contribution in [2.45, 2.75) is 19.4 Å². The SMILES string of the molecule is OCC#Cc1ccc(CN2CCC(CO)CC2)s1. The van der Waals surface area contributed by atoms with Crippen molar-refractivity contribution < 1.29 is 10.2 Å². The summed E-state index contributed by atoms with van der Waals surface area (Å²) >= 11 is 1.70. The molecule has 0 aromatic carbocycles. The summed E-state index contributed by atoms with van der Waals surface area (Å²) in [6, 6.07) is 4.13. The van der Waals surface area contributed by atoms with Crippen LogP contribution in [0, 0.1) is 17.8 Å². The molecule has 0 saturated carbocycles. The average Bonchev–Trinajstić information content (AvgIpc) is 2.85. The Morgan fingerprint density at radius 1 is 1.28 bits per heavy atom. The minimum absolute atomic E-state index is 0.0814. The second-order valence-electron chi connectivity index (χ2n) is 4.63. The van der Waals surface area contributed by atoms with Crippen LogP contribution in [-0.4, -0.2) is 41.4 Å². The van der Waals surface area contributed by atoms with Crippen LogP contribution in [-0.2, 0) is 6.54 Å². The van der Waals surface area contributed by atoms with Gasteiger partial charge in [-0.05, 0) is 44.0 Å². The van der Waals surface area contributed by atoms with E-state index in [1.54, 1.807) is 11.3 Å². The molecule has 1 aromatic rings. The van der Waals surface area contributed by atoms with E-state index in [4.69, 9.17) is 10.2 Å². The van der Waals surface area contributed by atoms with Crippen molar-refractivity contribution in [2.24, 2.45) is 5.92 Å². The zero-order chi connectivity index (χ0) is 12.8. The lowest BCUT2D eigenvalue weighted by Gasteiger charge is -2.30. The largest absolute Gasteiger partial charge is 0.396 e. The molecule has 4 heteroatoms. The fourth-order valence-corrected chi connectivity index (χ4v) is 3.13. The van der Waals surface area contributed by atoms with Crippen molar-refractivity contribution in [3.8, 4) is 11.8 Å². The van der Waals surface area contributed by atoms with Crippen LogP contribution in [0.5, 0.6) is 0 Å². The molecule has 1 saturated heterocycles. The van der Waals surface area contributed by atoms with Crippen LogP contribution in [0.15, 0.2) is 12.1 Å². The quantitative estimate of drug-likeness (QED) is 0.810. The van der Waals surface area contributed by atoms with E-state index in [9.17, 15) is 0 Å². The van der Waals surface area contributed by atoms with Crippen LogP contribution in [0.25, 0.3) is 0 Å². The molecule has 0 radical (unpaired) electrons. The first kappa shape index (κ1) is 13.6. The van der Waals surface area contributed by atoms with Crippen molar-refractivity contribution >= 4 is 11.3 Å². The molecule has 0 atom stereocenters. The minimum Gasteiger partial charge on any atom is -0.396 e. The Morgan fingerprint density at radius 2 is 2.06 bits per heavy atom. The third kappa shape index (κ3) is 3.82. The summed E-state index contributed by atoms with van der Waals surface area (Å²) < 4.78 is 0. The summed E-state index contributed by atoms with van der Waals surface area (Å²) in [7, 11) is 0. The standard InChI is InChI=1S/C14H19NO2S/c16-9-1-2-13-3-4-14(18-13)10-15-7-5-12(11-17)6-8-15/h3-4,12,16-17H,5-11H2. The highest BCUT2D eigenvalue weighted by Crippen LogP contribution is 2.22. The van der Waals surface area contributed by atoms with E-state index < -0.39 is 0 Å². The molecule has 98 valence electrons. The van der Waals surface area contributed by atoms with Gasteiger partial charge >= 0.3 is 0 Å². The van der Waals surface area contributed by atoms with E-state index in [1.165, 1.54) is 4.88 Å². The molecule has 1 aliphatic heterocycles. The van der Waals surface area contributed by atoms with Gasteiger partial charge in [0.1, 0.15) is 6.61 Å². The maximum absolute atomic E-state index is 9.10. The number of nitrogens with zero attached hydrogens (tertiary/aromatic N) is 1. The summed E-state index contributed by atoms with van der Waals surface area (Å²) in [5, 5.41) is 17.7.